The van der Waals surface area contributed by atoms with Gasteiger partial charge >= 0.3 is 0 Å². The molecule has 3 nitrogen and oxygen atoms in total. The fraction of sp³-hybridized carbons (Fsp3) is 0.643. The predicted octanol–water partition coefficient (Wildman–Crippen LogP) is 2.46. The van der Waals surface area contributed by atoms with Crippen LogP contribution in [0.4, 0.5) is 0 Å². The molecule has 1 fully saturated rings. The fourth-order valence-corrected chi connectivity index (χ4v) is 2.15. The molecule has 1 saturated heterocycles. The summed E-state index contributed by atoms with van der Waals surface area (Å²) in [6.45, 7) is 7.61. The van der Waals surface area contributed by atoms with Crippen LogP contribution in [0.25, 0.3) is 0 Å². The monoisotopic (exact) mass is 235 g/mol. The molecule has 0 aromatic carbocycles. The molecular weight excluding hydrogens is 210 g/mol. The maximum Gasteiger partial charge on any atom is 0.0360 e. The Morgan fingerprint density at radius 3 is 2.59 bits per heavy atom. The number of rotatable bonds is 3. The van der Waals surface area contributed by atoms with Gasteiger partial charge in [-0.15, -0.1) is 0 Å². The number of hydrogen-bond donors (Lipinski definition) is 1. The van der Waals surface area contributed by atoms with E-state index in [1.54, 1.807) is 0 Å². The fourth-order valence-electron chi connectivity index (χ4n) is 2.15. The Morgan fingerprint density at radius 2 is 2.18 bits per heavy atom. The van der Waals surface area contributed by atoms with Gasteiger partial charge in [-0.1, -0.05) is 19.9 Å². The lowest BCUT2D eigenvalue weighted by Gasteiger charge is -2.18. The molecule has 1 unspecified atom stereocenters. The van der Waals surface area contributed by atoms with Crippen LogP contribution >= 0.6 is 0 Å². The van der Waals surface area contributed by atoms with Crippen molar-refractivity contribution in [2.75, 3.05) is 26.7 Å². The maximum absolute atomic E-state index is 4.14. The molecule has 0 bridgehead atoms. The number of pyridine rings is 1. The highest BCUT2D eigenvalue weighted by Crippen LogP contribution is 2.29. The van der Waals surface area contributed by atoms with Crippen LogP contribution in [-0.2, 0) is 0 Å². The number of hydrogen-bond acceptors (Lipinski definition) is 3. The summed E-state index contributed by atoms with van der Waals surface area (Å²) < 4.78 is 0. The van der Waals surface area contributed by atoms with E-state index in [0.717, 1.165) is 13.1 Å². The molecule has 3 heteroatoms. The van der Waals surface area contributed by atoms with Crippen molar-refractivity contribution in [3.63, 3.8) is 0 Å². The molecule has 2 rings (SSSR count). The lowest BCUT2D eigenvalue weighted by Crippen LogP contribution is -2.17. The van der Waals surface area contributed by atoms with Gasteiger partial charge in [0.1, 0.15) is 0 Å². The van der Waals surface area contributed by atoms with E-state index in [2.05, 4.69) is 42.2 Å². The van der Waals surface area contributed by atoms with E-state index in [1.165, 1.54) is 24.9 Å². The first-order valence-electron chi connectivity index (χ1n) is 6.60. The Hall–Kier alpha value is -0.930. The van der Waals surface area contributed by atoms with Crippen molar-refractivity contribution in [2.24, 2.45) is 0 Å². The summed E-state index contributed by atoms with van der Waals surface area (Å²) in [6.07, 6.45) is 6.41. The summed E-state index contributed by atoms with van der Waals surface area (Å²) in [4.78, 5) is 6.54. The van der Waals surface area contributed by atoms with Gasteiger partial charge in [-0.3, -0.25) is 9.88 Å². The third-order valence-electron chi connectivity index (χ3n) is 3.09. The third kappa shape index (κ3) is 4.84. The van der Waals surface area contributed by atoms with Gasteiger partial charge in [-0.25, -0.2) is 0 Å². The first kappa shape index (κ1) is 14.1. The first-order chi connectivity index (χ1) is 8.29. The summed E-state index contributed by atoms with van der Waals surface area (Å²) in [5.41, 5.74) is 1.36. The molecule has 0 aliphatic carbocycles. The van der Waals surface area contributed by atoms with Gasteiger partial charge in [0.15, 0.2) is 0 Å². The lowest BCUT2D eigenvalue weighted by atomic mass is 10.1. The minimum absolute atomic E-state index is 0.610. The van der Waals surface area contributed by atoms with Crippen LogP contribution < -0.4 is 5.32 Å². The van der Waals surface area contributed by atoms with Crippen LogP contribution in [0, 0.1) is 0 Å². The highest BCUT2D eigenvalue weighted by Gasteiger charge is 2.21. The Balaban J connectivity index is 0.000000249. The Kier molecular flexibility index (Phi) is 6.82. The topological polar surface area (TPSA) is 28.2 Å². The quantitative estimate of drug-likeness (QED) is 0.872. The molecule has 1 aromatic rings. The van der Waals surface area contributed by atoms with E-state index < -0.39 is 0 Å². The molecule has 17 heavy (non-hydrogen) atoms. The van der Waals surface area contributed by atoms with Gasteiger partial charge in [-0.05, 0) is 51.2 Å². The zero-order valence-electron chi connectivity index (χ0n) is 11.3. The smallest absolute Gasteiger partial charge is 0.0360 e. The molecule has 0 amide bonds. The summed E-state index contributed by atoms with van der Waals surface area (Å²) >= 11 is 0. The molecule has 0 spiro atoms. The Labute approximate surface area is 105 Å². The van der Waals surface area contributed by atoms with Crippen molar-refractivity contribution in [1.29, 1.82) is 0 Å². The van der Waals surface area contributed by atoms with E-state index in [9.17, 15) is 0 Å². The zero-order valence-corrected chi connectivity index (χ0v) is 11.3. The summed E-state index contributed by atoms with van der Waals surface area (Å²) in [5, 5.41) is 3.11. The molecule has 0 saturated carbocycles. The molecule has 96 valence electrons. The van der Waals surface area contributed by atoms with Crippen molar-refractivity contribution >= 4 is 0 Å². The zero-order chi connectivity index (χ0) is 12.5. The van der Waals surface area contributed by atoms with Crippen LogP contribution in [-0.4, -0.2) is 36.6 Å². The Bertz CT molecular complexity index is 285. The minimum atomic E-state index is 0.610. The second kappa shape index (κ2) is 8.20. The molecule has 1 aliphatic rings. The summed E-state index contributed by atoms with van der Waals surface area (Å²) in [6, 6.07) is 4.79. The van der Waals surface area contributed by atoms with E-state index in [1.807, 2.05) is 18.5 Å². The number of nitrogens with one attached hydrogen (secondary N) is 1. The molecular formula is C14H25N3. The SMILES string of the molecule is CCNCC.CN1CCCC1c1cccnc1. The van der Waals surface area contributed by atoms with Gasteiger partial charge in [-0.2, -0.15) is 0 Å². The van der Waals surface area contributed by atoms with Crippen LogP contribution in [0.15, 0.2) is 24.5 Å². The highest BCUT2D eigenvalue weighted by molar-refractivity contribution is 5.14. The van der Waals surface area contributed by atoms with Crippen molar-refractivity contribution in [1.82, 2.24) is 15.2 Å². The summed E-state index contributed by atoms with van der Waals surface area (Å²) in [5.74, 6) is 0. The van der Waals surface area contributed by atoms with Crippen molar-refractivity contribution in [2.45, 2.75) is 32.7 Å². The average molecular weight is 235 g/mol. The largest absolute Gasteiger partial charge is 0.317 e. The van der Waals surface area contributed by atoms with Gasteiger partial charge in [0.2, 0.25) is 0 Å². The number of nitrogens with zero attached hydrogens (tertiary/aromatic N) is 2. The second-order valence-corrected chi connectivity index (χ2v) is 4.38. The normalized spacial score (nSPS) is 19.8. The van der Waals surface area contributed by atoms with Crippen LogP contribution in [0.1, 0.15) is 38.3 Å². The standard InChI is InChI=1S/C10H14N2.C4H11N/c1-12-7-3-5-10(12)9-4-2-6-11-8-9;1-3-5-4-2/h2,4,6,8,10H,3,5,7H2,1H3;5H,3-4H2,1-2H3. The van der Waals surface area contributed by atoms with E-state index in [-0.39, 0.29) is 0 Å². The third-order valence-corrected chi connectivity index (χ3v) is 3.09. The minimum Gasteiger partial charge on any atom is -0.317 e. The van der Waals surface area contributed by atoms with E-state index in [4.69, 9.17) is 0 Å². The van der Waals surface area contributed by atoms with Crippen molar-refractivity contribution in [3.8, 4) is 0 Å². The predicted molar refractivity (Wildman–Crippen MR) is 73.1 cm³/mol. The molecule has 0 radical (unpaired) electrons. The van der Waals surface area contributed by atoms with Crippen molar-refractivity contribution < 1.29 is 0 Å². The van der Waals surface area contributed by atoms with Crippen LogP contribution in [0.5, 0.6) is 0 Å². The van der Waals surface area contributed by atoms with Crippen LogP contribution in [0.3, 0.4) is 0 Å². The average Bonchev–Trinajstić information content (AvgIpc) is 2.78. The second-order valence-electron chi connectivity index (χ2n) is 4.38. The van der Waals surface area contributed by atoms with Gasteiger partial charge in [0.25, 0.3) is 0 Å². The molecule has 1 aliphatic heterocycles. The number of likely N-dealkylation sites (tertiary alicyclic amines) is 1. The summed E-state index contributed by atoms with van der Waals surface area (Å²) in [7, 11) is 2.19. The number of aromatic nitrogens is 1. The molecule has 1 aromatic heterocycles. The van der Waals surface area contributed by atoms with Crippen molar-refractivity contribution in [3.05, 3.63) is 30.1 Å². The lowest BCUT2D eigenvalue weighted by molar-refractivity contribution is 0.317. The van der Waals surface area contributed by atoms with Crippen LogP contribution in [0.2, 0.25) is 0 Å². The van der Waals surface area contributed by atoms with Gasteiger partial charge < -0.3 is 5.32 Å². The molecule has 1 N–H and O–H groups in total. The highest BCUT2D eigenvalue weighted by atomic mass is 15.1. The first-order valence-corrected chi connectivity index (χ1v) is 6.60. The molecule has 1 atom stereocenters. The van der Waals surface area contributed by atoms with E-state index in [0.29, 0.717) is 6.04 Å². The Morgan fingerprint density at radius 1 is 1.41 bits per heavy atom. The van der Waals surface area contributed by atoms with Gasteiger partial charge in [0.05, 0.1) is 0 Å². The van der Waals surface area contributed by atoms with E-state index >= 15 is 0 Å². The van der Waals surface area contributed by atoms with Gasteiger partial charge in [0, 0.05) is 18.4 Å². The molecule has 2 heterocycles. The maximum atomic E-state index is 4.14.